The van der Waals surface area contributed by atoms with Gasteiger partial charge in [0, 0.05) is 35.8 Å². The summed E-state index contributed by atoms with van der Waals surface area (Å²) in [7, 11) is 0. The molecule has 1 unspecified atom stereocenters. The number of halogens is 3. The summed E-state index contributed by atoms with van der Waals surface area (Å²) in [6.45, 7) is 7.65. The van der Waals surface area contributed by atoms with E-state index in [1.165, 1.54) is 5.56 Å². The highest BCUT2D eigenvalue weighted by molar-refractivity contribution is 5.94. The second-order valence-corrected chi connectivity index (χ2v) is 10.6. The Morgan fingerprint density at radius 3 is 2.21 bits per heavy atom. The number of carboxylic acid groups (broad SMARTS) is 2. The zero-order valence-corrected chi connectivity index (χ0v) is 23.7. The number of para-hydroxylation sites is 1. The molecule has 1 aromatic heterocycles. The summed E-state index contributed by atoms with van der Waals surface area (Å²) in [4.78, 5) is 35.9. The van der Waals surface area contributed by atoms with E-state index in [0.717, 1.165) is 30.6 Å². The van der Waals surface area contributed by atoms with Gasteiger partial charge in [-0.2, -0.15) is 13.2 Å². The van der Waals surface area contributed by atoms with E-state index < -0.39 is 18.1 Å². The van der Waals surface area contributed by atoms with Gasteiger partial charge in [-0.15, -0.1) is 0 Å². The Kier molecular flexibility index (Phi) is 8.84. The van der Waals surface area contributed by atoms with E-state index in [2.05, 4.69) is 41.4 Å². The van der Waals surface area contributed by atoms with Crippen LogP contribution in [-0.2, 0) is 10.2 Å². The van der Waals surface area contributed by atoms with Crippen LogP contribution in [-0.4, -0.2) is 41.4 Å². The predicted molar refractivity (Wildman–Crippen MR) is 157 cm³/mol. The zero-order valence-electron chi connectivity index (χ0n) is 23.7. The number of rotatable bonds is 7. The van der Waals surface area contributed by atoms with Gasteiger partial charge in [0.05, 0.1) is 17.0 Å². The molecule has 0 aliphatic carbocycles. The number of benzene rings is 3. The van der Waals surface area contributed by atoms with E-state index in [9.17, 15) is 27.9 Å². The number of anilines is 2. The van der Waals surface area contributed by atoms with Gasteiger partial charge in [-0.05, 0) is 49.6 Å². The topological polar surface area (TPSA) is 120 Å². The molecule has 3 aromatic carbocycles. The molecule has 0 amide bonds. The lowest BCUT2D eigenvalue weighted by Crippen LogP contribution is -2.59. The molecule has 4 aromatic rings. The van der Waals surface area contributed by atoms with Crippen molar-refractivity contribution < 1.29 is 37.4 Å². The Balaban J connectivity index is 0.000000541. The Bertz CT molecular complexity index is 1700. The predicted octanol–water partition coefficient (Wildman–Crippen LogP) is 6.77. The first-order valence-electron chi connectivity index (χ1n) is 13.5. The third-order valence-corrected chi connectivity index (χ3v) is 7.59. The maximum atomic E-state index is 13.2. The molecule has 3 N–H and O–H groups in total. The smallest absolute Gasteiger partial charge is 0.478 e. The lowest BCUT2D eigenvalue weighted by atomic mass is 9.72. The van der Waals surface area contributed by atoms with Crippen LogP contribution >= 0.6 is 0 Å². The van der Waals surface area contributed by atoms with E-state index in [0.29, 0.717) is 22.5 Å². The minimum atomic E-state index is -5.08. The van der Waals surface area contributed by atoms with E-state index in [1.54, 1.807) is 30.3 Å². The molecule has 5 rings (SSSR count). The SMILES string of the molecule is CCC1(c2ccccc2)CN(c2cc(=O)c3cc(C)cc(C(C)Nc4ccccc4C(=O)O)c3o2)C1.O=C(O)C(F)(F)F. The van der Waals surface area contributed by atoms with Crippen LogP contribution in [0.4, 0.5) is 24.7 Å². The molecule has 0 spiro atoms. The molecular weight excluding hydrogens is 565 g/mol. The van der Waals surface area contributed by atoms with Gasteiger partial charge >= 0.3 is 18.1 Å². The van der Waals surface area contributed by atoms with Crippen LogP contribution in [0.3, 0.4) is 0 Å². The number of fused-ring (bicyclic) bond motifs is 1. The first kappa shape index (κ1) is 31.1. The molecule has 11 heteroatoms. The average Bonchev–Trinajstić information content (AvgIpc) is 2.93. The van der Waals surface area contributed by atoms with Crippen LogP contribution in [0.15, 0.2) is 82.0 Å². The van der Waals surface area contributed by atoms with E-state index >= 15 is 0 Å². The summed E-state index contributed by atoms with van der Waals surface area (Å²) in [6, 6.07) is 22.4. The highest BCUT2D eigenvalue weighted by atomic mass is 19.4. The van der Waals surface area contributed by atoms with Crippen molar-refractivity contribution in [3.63, 3.8) is 0 Å². The monoisotopic (exact) mass is 596 g/mol. The van der Waals surface area contributed by atoms with Crippen molar-refractivity contribution in [2.45, 2.75) is 44.8 Å². The number of aryl methyl sites for hydroxylation is 1. The Hall–Kier alpha value is -4.80. The fraction of sp³-hybridized carbons (Fsp3) is 0.281. The van der Waals surface area contributed by atoms with E-state index in [4.69, 9.17) is 14.3 Å². The summed E-state index contributed by atoms with van der Waals surface area (Å²) in [5, 5.41) is 20.5. The van der Waals surface area contributed by atoms with Gasteiger partial charge in [0.15, 0.2) is 11.3 Å². The van der Waals surface area contributed by atoms with Crippen molar-refractivity contribution in [1.82, 2.24) is 0 Å². The highest BCUT2D eigenvalue weighted by Gasteiger charge is 2.44. The minimum absolute atomic E-state index is 0.0419. The lowest BCUT2D eigenvalue weighted by Gasteiger charge is -2.50. The Morgan fingerprint density at radius 1 is 1.02 bits per heavy atom. The van der Waals surface area contributed by atoms with Crippen LogP contribution in [0.1, 0.15) is 53.4 Å². The normalized spacial score (nSPS) is 14.7. The molecule has 1 saturated heterocycles. The van der Waals surface area contributed by atoms with Gasteiger partial charge in [-0.3, -0.25) is 4.79 Å². The van der Waals surface area contributed by atoms with E-state index in [1.807, 2.05) is 32.0 Å². The van der Waals surface area contributed by atoms with Crippen LogP contribution in [0, 0.1) is 6.92 Å². The summed E-state index contributed by atoms with van der Waals surface area (Å²) >= 11 is 0. The Morgan fingerprint density at radius 2 is 1.63 bits per heavy atom. The van der Waals surface area contributed by atoms with Gasteiger partial charge in [-0.25, -0.2) is 9.59 Å². The third kappa shape index (κ3) is 6.66. The molecular formula is C32H31F3N2O6. The van der Waals surface area contributed by atoms with Gasteiger partial charge in [-0.1, -0.05) is 55.5 Å². The second-order valence-electron chi connectivity index (χ2n) is 10.6. The average molecular weight is 597 g/mol. The number of hydrogen-bond donors (Lipinski definition) is 3. The molecule has 226 valence electrons. The highest BCUT2D eigenvalue weighted by Crippen LogP contribution is 2.41. The summed E-state index contributed by atoms with van der Waals surface area (Å²) in [5.74, 6) is -3.19. The molecule has 1 fully saturated rings. The number of nitrogens with one attached hydrogen (secondary N) is 1. The number of carbonyl (C=O) groups is 2. The van der Waals surface area contributed by atoms with E-state index in [-0.39, 0.29) is 22.4 Å². The van der Waals surface area contributed by atoms with Crippen LogP contribution < -0.4 is 15.6 Å². The molecule has 1 aliphatic rings. The van der Waals surface area contributed by atoms with Crippen molar-refractivity contribution in [3.05, 3.63) is 105 Å². The zero-order chi connectivity index (χ0) is 31.5. The van der Waals surface area contributed by atoms with Gasteiger partial charge in [0.2, 0.25) is 0 Å². The van der Waals surface area contributed by atoms with Crippen molar-refractivity contribution in [3.8, 4) is 0 Å². The number of carboxylic acids is 2. The van der Waals surface area contributed by atoms with Crippen molar-refractivity contribution in [2.75, 3.05) is 23.3 Å². The standard InChI is InChI=1S/C30H30N2O4.C2HF3O2/c1-4-30(21-10-6-5-7-11-21)17-32(18-30)27-16-26(33)24-15-19(2)14-23(28(24)36-27)20(3)31-25-13-9-8-12-22(25)29(34)35;3-2(4,5)1(6)7/h5-16,20,31H,4,17-18H2,1-3H3,(H,34,35);(H,6,7). The number of nitrogens with zero attached hydrogens (tertiary/aromatic N) is 1. The fourth-order valence-electron chi connectivity index (χ4n) is 5.25. The third-order valence-electron chi connectivity index (χ3n) is 7.59. The molecule has 2 heterocycles. The van der Waals surface area contributed by atoms with Crippen molar-refractivity contribution in [1.29, 1.82) is 0 Å². The van der Waals surface area contributed by atoms with Crippen LogP contribution in [0.5, 0.6) is 0 Å². The minimum Gasteiger partial charge on any atom is -0.478 e. The second kappa shape index (κ2) is 12.2. The Labute approximate surface area is 245 Å². The van der Waals surface area contributed by atoms with Gasteiger partial charge in [0.25, 0.3) is 0 Å². The number of hydrogen-bond acceptors (Lipinski definition) is 6. The number of alkyl halides is 3. The van der Waals surface area contributed by atoms with Crippen LogP contribution in [0.2, 0.25) is 0 Å². The largest absolute Gasteiger partial charge is 0.490 e. The summed E-state index contributed by atoms with van der Waals surface area (Å²) < 4.78 is 38.1. The molecule has 0 radical (unpaired) electrons. The molecule has 43 heavy (non-hydrogen) atoms. The quantitative estimate of drug-likeness (QED) is 0.214. The molecule has 0 bridgehead atoms. The van der Waals surface area contributed by atoms with Gasteiger partial charge in [0.1, 0.15) is 5.58 Å². The first-order valence-corrected chi connectivity index (χ1v) is 13.5. The molecule has 8 nitrogen and oxygen atoms in total. The molecule has 1 atom stereocenters. The van der Waals surface area contributed by atoms with Crippen molar-refractivity contribution >= 4 is 34.5 Å². The number of aliphatic carboxylic acids is 1. The first-order chi connectivity index (χ1) is 20.3. The lowest BCUT2D eigenvalue weighted by molar-refractivity contribution is -0.192. The maximum Gasteiger partial charge on any atom is 0.490 e. The number of aromatic carboxylic acids is 1. The summed E-state index contributed by atoms with van der Waals surface area (Å²) in [6.07, 6.45) is -4.08. The maximum absolute atomic E-state index is 13.2. The van der Waals surface area contributed by atoms with Gasteiger partial charge < -0.3 is 24.8 Å². The van der Waals surface area contributed by atoms with Crippen LogP contribution in [0.25, 0.3) is 11.0 Å². The van der Waals surface area contributed by atoms with Crippen molar-refractivity contribution in [2.24, 2.45) is 0 Å². The fourth-order valence-corrected chi connectivity index (χ4v) is 5.25. The molecule has 1 aliphatic heterocycles. The molecule has 0 saturated carbocycles. The summed E-state index contributed by atoms with van der Waals surface area (Å²) in [5.41, 5.74) is 4.26.